The summed E-state index contributed by atoms with van der Waals surface area (Å²) in [7, 11) is -21.9. The van der Waals surface area contributed by atoms with E-state index >= 15 is 0 Å². The summed E-state index contributed by atoms with van der Waals surface area (Å²) >= 11 is -3.58. The second-order valence-electron chi connectivity index (χ2n) is 13.8. The summed E-state index contributed by atoms with van der Waals surface area (Å²) in [5.74, 6) is -6.83. The van der Waals surface area contributed by atoms with Crippen molar-refractivity contribution in [3.05, 3.63) is 0 Å². The summed E-state index contributed by atoms with van der Waals surface area (Å²) in [6, 6.07) is 0. The van der Waals surface area contributed by atoms with Gasteiger partial charge in [-0.05, 0) is 25.7 Å². The van der Waals surface area contributed by atoms with E-state index in [9.17, 15) is 43.1 Å². The molecule has 0 aliphatic heterocycles. The van der Waals surface area contributed by atoms with Crippen LogP contribution in [-0.2, 0) is 80.8 Å². The van der Waals surface area contributed by atoms with Gasteiger partial charge in [0.2, 0.25) is 0 Å². The Labute approximate surface area is 358 Å². The minimum absolute atomic E-state index is 0.216. The maximum atomic E-state index is 13.8. The molecule has 4 atom stereocenters. The van der Waals surface area contributed by atoms with Crippen molar-refractivity contribution in [1.82, 2.24) is 0 Å². The summed E-state index contributed by atoms with van der Waals surface area (Å²) < 4.78 is 116. The number of aliphatic hydroxyl groups is 1. The van der Waals surface area contributed by atoms with Gasteiger partial charge in [-0.3, -0.25) is 18.1 Å². The topological polar surface area (TPSA) is 298 Å². The van der Waals surface area contributed by atoms with Crippen LogP contribution < -0.4 is 0 Å². The Morgan fingerprint density at radius 2 is 0.695 bits per heavy atom. The third kappa shape index (κ3) is 37.5. The maximum absolute atomic E-state index is 13.8. The van der Waals surface area contributed by atoms with Crippen LogP contribution >= 0.6 is 31.3 Å². The molecule has 0 aromatic heterocycles. The molecule has 59 heavy (non-hydrogen) atoms. The van der Waals surface area contributed by atoms with Crippen LogP contribution in [0.2, 0.25) is 0 Å². The molecule has 0 spiro atoms. The van der Waals surface area contributed by atoms with Gasteiger partial charge in [-0.25, -0.2) is 32.1 Å². The monoisotopic (exact) mass is 974 g/mol. The fourth-order valence-electron chi connectivity index (χ4n) is 5.07. The third-order valence-electron chi connectivity index (χ3n) is 8.15. The average molecular weight is 975 g/mol. The van der Waals surface area contributed by atoms with E-state index in [1.165, 1.54) is 0 Å². The Hall–Kier alpha value is 0.384. The number of phosphoric acid groups is 4. The molecule has 0 radical (unpaired) electrons. The number of aliphatic carboxylic acids is 1. The number of unbranched alkanes of at least 4 members (excludes halogenated alkanes) is 20. The van der Waals surface area contributed by atoms with Gasteiger partial charge in [-0.1, -0.05) is 156 Å². The first-order chi connectivity index (χ1) is 27.7. The Balaban J connectivity index is 0. The Kier molecular flexibility index (Phi) is 38.2. The zero-order valence-electron chi connectivity index (χ0n) is 35.5. The first kappa shape index (κ1) is 61.5. The van der Waals surface area contributed by atoms with Crippen LogP contribution in [0, 0.1) is 0 Å². The molecule has 0 amide bonds. The molecule has 0 heterocycles. The molecule has 0 aliphatic rings. The molecule has 0 aromatic carbocycles. The van der Waals surface area contributed by atoms with Crippen LogP contribution in [0.4, 0.5) is 0 Å². The summed E-state index contributed by atoms with van der Waals surface area (Å²) in [5.41, 5.74) is 0. The fourth-order valence-corrected chi connectivity index (χ4v) is 10.5. The number of hydrogen-bond donors (Lipinski definition) is 6. The van der Waals surface area contributed by atoms with Gasteiger partial charge in [0.25, 0.3) is 0 Å². The molecule has 4 unspecified atom stereocenters. The molecule has 0 aliphatic carbocycles. The SMILES string of the molecule is CCCCCCCCOP(=O)(O)OP(=O)(OCCCCCCCC)OC(O)(OP(=O)(OCCCCCCCC)OP(=O)(O)OCCCCCCCC)C(=O)O.[O]=[Ti]([OH])[OH]. The van der Waals surface area contributed by atoms with Crippen LogP contribution in [-0.4, -0.2) is 65.7 Å². The molecule has 0 rings (SSSR count). The second kappa shape index (κ2) is 36.7. The van der Waals surface area contributed by atoms with Crippen molar-refractivity contribution >= 4 is 37.3 Å². The van der Waals surface area contributed by atoms with Gasteiger partial charge in [0.1, 0.15) is 0 Å². The molecule has 6 N–H and O–H groups in total. The molecule has 0 fully saturated rings. The molecule has 0 aromatic rings. The fraction of sp³-hybridized carbons (Fsp3) is 0.971. The van der Waals surface area contributed by atoms with E-state index in [0.717, 1.165) is 103 Å². The average Bonchev–Trinajstić information content (AvgIpc) is 3.12. The first-order valence-electron chi connectivity index (χ1n) is 20.9. The van der Waals surface area contributed by atoms with E-state index in [4.69, 9.17) is 46.5 Å². The summed E-state index contributed by atoms with van der Waals surface area (Å²) in [6.07, 6.45) is 18.5. The van der Waals surface area contributed by atoms with Crippen LogP contribution in [0.5, 0.6) is 0 Å². The van der Waals surface area contributed by atoms with Crippen molar-refractivity contribution in [3.63, 3.8) is 0 Å². The number of hydrogen-bond acceptors (Lipinski definition) is 15. The number of phosphoric ester groups is 4. The van der Waals surface area contributed by atoms with Gasteiger partial charge in [0.15, 0.2) is 0 Å². The predicted molar refractivity (Wildman–Crippen MR) is 214 cm³/mol. The summed E-state index contributed by atoms with van der Waals surface area (Å²) in [5, 5.41) is 21.0. The number of carboxylic acid groups (broad SMARTS) is 1. The minimum atomic E-state index is -5.66. The van der Waals surface area contributed by atoms with Gasteiger partial charge < -0.3 is 20.0 Å². The molecule has 354 valence electrons. The van der Waals surface area contributed by atoms with Crippen molar-refractivity contribution in [2.24, 2.45) is 0 Å². The van der Waals surface area contributed by atoms with Gasteiger partial charge in [-0.2, -0.15) is 8.62 Å². The molecule has 20 nitrogen and oxygen atoms in total. The summed E-state index contributed by atoms with van der Waals surface area (Å²) in [4.78, 5) is 33.2. The van der Waals surface area contributed by atoms with Crippen molar-refractivity contribution in [2.45, 2.75) is 188 Å². The van der Waals surface area contributed by atoms with E-state index in [1.807, 2.05) is 13.8 Å². The zero-order valence-corrected chi connectivity index (χ0v) is 40.6. The quantitative estimate of drug-likeness (QED) is 0.0144. The normalized spacial score (nSPS) is 16.8. The van der Waals surface area contributed by atoms with Gasteiger partial charge in [-0.15, -0.1) is 0 Å². The Morgan fingerprint density at radius 1 is 0.475 bits per heavy atom. The predicted octanol–water partition coefficient (Wildman–Crippen LogP) is 10.5. The zero-order chi connectivity index (χ0) is 45.1. The van der Waals surface area contributed by atoms with Crippen molar-refractivity contribution < 1.29 is 108 Å². The van der Waals surface area contributed by atoms with E-state index in [1.54, 1.807) is 0 Å². The van der Waals surface area contributed by atoms with Crippen molar-refractivity contribution in [1.29, 1.82) is 0 Å². The number of carboxylic acids is 1. The van der Waals surface area contributed by atoms with Gasteiger partial charge in [0, 0.05) is 0 Å². The van der Waals surface area contributed by atoms with E-state index in [2.05, 4.69) is 13.8 Å². The number of carbonyl (C=O) groups is 1. The molecule has 0 saturated heterocycles. The van der Waals surface area contributed by atoms with Crippen LogP contribution in [0.3, 0.4) is 0 Å². The van der Waals surface area contributed by atoms with Crippen LogP contribution in [0.1, 0.15) is 182 Å². The molecular formula is C34H74O20P4Ti. The Bertz CT molecular complexity index is 1200. The van der Waals surface area contributed by atoms with Crippen molar-refractivity contribution in [3.8, 4) is 0 Å². The first-order valence-corrected chi connectivity index (χ1v) is 28.8. The molecule has 25 heteroatoms. The van der Waals surface area contributed by atoms with Crippen molar-refractivity contribution in [2.75, 3.05) is 26.4 Å². The third-order valence-corrected chi connectivity index (χ3v) is 14.4. The van der Waals surface area contributed by atoms with Crippen LogP contribution in [0.25, 0.3) is 0 Å². The molecule has 0 saturated carbocycles. The molecular weight excluding hydrogens is 900 g/mol. The Morgan fingerprint density at radius 3 is 0.932 bits per heavy atom. The van der Waals surface area contributed by atoms with E-state index in [-0.39, 0.29) is 26.1 Å². The van der Waals surface area contributed by atoms with Gasteiger partial charge in [0.05, 0.1) is 26.4 Å². The molecule has 0 bridgehead atoms. The van der Waals surface area contributed by atoms with Crippen LogP contribution in [0.15, 0.2) is 0 Å². The van der Waals surface area contributed by atoms with Gasteiger partial charge >= 0.3 is 72.6 Å². The second-order valence-corrected chi connectivity index (χ2v) is 21.0. The summed E-state index contributed by atoms with van der Waals surface area (Å²) in [6.45, 7) is 6.64. The van der Waals surface area contributed by atoms with E-state index in [0.29, 0.717) is 38.5 Å². The number of rotatable bonds is 41. The standard InChI is InChI=1S/C34H72O17P4.2H2O.O.Ti/c1-5-9-13-17-21-25-29-44-52(38,39)50-54(42,46-31-27-23-19-15-11-7-3)48-34(37,33(35)36)49-55(43,47-32-28-24-20-16-12-8-4)51-53(40,41)45-30-26-22-18-14-10-6-2;;;;/h37H,5-32H2,1-4H3,(H,35,36)(H,38,39)(H,40,41);2*1H2;;/q;;;;+2/p-2. The van der Waals surface area contributed by atoms with E-state index < -0.39 is 75.1 Å².